The van der Waals surface area contributed by atoms with E-state index in [1.807, 2.05) is 0 Å². The minimum atomic E-state index is -4.50. The number of amides is 2. The highest BCUT2D eigenvalue weighted by Crippen LogP contribution is 2.29. The molecule has 0 radical (unpaired) electrons. The number of carbonyl (C=O) groups excluding carboxylic acids is 2. The Balaban J connectivity index is 1.65. The minimum absolute atomic E-state index is 0.0135. The van der Waals surface area contributed by atoms with Crippen LogP contribution >= 0.6 is 0 Å². The summed E-state index contributed by atoms with van der Waals surface area (Å²) in [5, 5.41) is 0. The molecule has 1 aliphatic heterocycles. The summed E-state index contributed by atoms with van der Waals surface area (Å²) in [6.07, 6.45) is -4.50. The SMILES string of the molecule is Nc1cccc(C(=O)N2CCN(C(=O)c3cccc(C(F)(F)F)c3)CC2)c1. The minimum Gasteiger partial charge on any atom is -0.399 e. The number of carbonyl (C=O) groups is 2. The van der Waals surface area contributed by atoms with Gasteiger partial charge in [0.25, 0.3) is 11.8 Å². The number of rotatable bonds is 2. The first kappa shape index (κ1) is 18.8. The third kappa shape index (κ3) is 4.21. The molecule has 1 fully saturated rings. The number of alkyl halides is 3. The number of piperazine rings is 1. The van der Waals surface area contributed by atoms with E-state index in [1.165, 1.54) is 17.0 Å². The fourth-order valence-corrected chi connectivity index (χ4v) is 2.98. The van der Waals surface area contributed by atoms with Crippen LogP contribution in [0.4, 0.5) is 18.9 Å². The first-order valence-electron chi connectivity index (χ1n) is 8.37. The lowest BCUT2D eigenvalue weighted by molar-refractivity contribution is -0.137. The second-order valence-electron chi connectivity index (χ2n) is 6.29. The highest BCUT2D eigenvalue weighted by molar-refractivity contribution is 5.96. The van der Waals surface area contributed by atoms with Crippen LogP contribution in [0, 0.1) is 0 Å². The molecule has 8 heteroatoms. The van der Waals surface area contributed by atoms with Gasteiger partial charge in [0.05, 0.1) is 5.56 Å². The van der Waals surface area contributed by atoms with Gasteiger partial charge in [0, 0.05) is 43.0 Å². The maximum atomic E-state index is 12.8. The Kier molecular flexibility index (Phi) is 5.07. The third-order valence-corrected chi connectivity index (χ3v) is 4.42. The van der Waals surface area contributed by atoms with Crippen LogP contribution in [0.1, 0.15) is 26.3 Å². The van der Waals surface area contributed by atoms with E-state index in [4.69, 9.17) is 5.73 Å². The van der Waals surface area contributed by atoms with E-state index >= 15 is 0 Å². The number of benzene rings is 2. The molecule has 1 heterocycles. The van der Waals surface area contributed by atoms with Crippen molar-refractivity contribution >= 4 is 17.5 Å². The lowest BCUT2D eigenvalue weighted by Gasteiger charge is -2.35. The van der Waals surface area contributed by atoms with Crippen molar-refractivity contribution in [2.45, 2.75) is 6.18 Å². The lowest BCUT2D eigenvalue weighted by atomic mass is 10.1. The summed E-state index contributed by atoms with van der Waals surface area (Å²) in [5.41, 5.74) is 5.77. The Morgan fingerprint density at radius 2 is 1.30 bits per heavy atom. The van der Waals surface area contributed by atoms with Crippen LogP contribution in [0.2, 0.25) is 0 Å². The largest absolute Gasteiger partial charge is 0.416 e. The van der Waals surface area contributed by atoms with Crippen molar-refractivity contribution in [3.8, 4) is 0 Å². The third-order valence-electron chi connectivity index (χ3n) is 4.42. The maximum absolute atomic E-state index is 12.8. The van der Waals surface area contributed by atoms with E-state index in [0.29, 0.717) is 24.3 Å². The summed E-state index contributed by atoms with van der Waals surface area (Å²) in [5.74, 6) is -0.661. The fraction of sp³-hybridized carbons (Fsp3) is 0.263. The first-order valence-corrected chi connectivity index (χ1v) is 8.37. The Morgan fingerprint density at radius 1 is 0.815 bits per heavy atom. The predicted octanol–water partition coefficient (Wildman–Crippen LogP) is 2.89. The molecule has 1 saturated heterocycles. The first-order chi connectivity index (χ1) is 12.8. The van der Waals surface area contributed by atoms with Gasteiger partial charge < -0.3 is 15.5 Å². The summed E-state index contributed by atoms with van der Waals surface area (Å²) in [7, 11) is 0. The Bertz CT molecular complexity index is 859. The highest BCUT2D eigenvalue weighted by atomic mass is 19.4. The molecule has 5 nitrogen and oxygen atoms in total. The van der Waals surface area contributed by atoms with E-state index in [9.17, 15) is 22.8 Å². The van der Waals surface area contributed by atoms with Gasteiger partial charge >= 0.3 is 6.18 Å². The molecule has 2 aromatic rings. The smallest absolute Gasteiger partial charge is 0.399 e. The maximum Gasteiger partial charge on any atom is 0.416 e. The van der Waals surface area contributed by atoms with Crippen molar-refractivity contribution in [3.63, 3.8) is 0 Å². The molecule has 0 bridgehead atoms. The van der Waals surface area contributed by atoms with Crippen LogP contribution in [-0.2, 0) is 6.18 Å². The molecular formula is C19H18F3N3O2. The van der Waals surface area contributed by atoms with Gasteiger partial charge in [0.15, 0.2) is 0 Å². The molecule has 142 valence electrons. The van der Waals surface area contributed by atoms with Crippen LogP contribution in [0.5, 0.6) is 0 Å². The molecule has 27 heavy (non-hydrogen) atoms. The second-order valence-corrected chi connectivity index (χ2v) is 6.29. The van der Waals surface area contributed by atoms with E-state index in [2.05, 4.69) is 0 Å². The van der Waals surface area contributed by atoms with Gasteiger partial charge in [-0.05, 0) is 36.4 Å². The molecule has 3 rings (SSSR count). The molecule has 1 aliphatic rings. The van der Waals surface area contributed by atoms with Gasteiger partial charge in [0.1, 0.15) is 0 Å². The van der Waals surface area contributed by atoms with Crippen LogP contribution in [0.3, 0.4) is 0 Å². The van der Waals surface area contributed by atoms with Gasteiger partial charge in [-0.3, -0.25) is 9.59 Å². The Morgan fingerprint density at radius 3 is 1.78 bits per heavy atom. The fourth-order valence-electron chi connectivity index (χ4n) is 2.98. The zero-order valence-electron chi connectivity index (χ0n) is 14.4. The number of anilines is 1. The summed E-state index contributed by atoms with van der Waals surface area (Å²) < 4.78 is 38.5. The van der Waals surface area contributed by atoms with E-state index < -0.39 is 17.6 Å². The number of hydrogen-bond donors (Lipinski definition) is 1. The number of halogens is 3. The molecule has 0 aliphatic carbocycles. The molecule has 0 saturated carbocycles. The molecule has 0 spiro atoms. The number of nitrogens with zero attached hydrogens (tertiary/aromatic N) is 2. The predicted molar refractivity (Wildman–Crippen MR) is 94.1 cm³/mol. The Labute approximate surface area is 154 Å². The van der Waals surface area contributed by atoms with Crippen LogP contribution in [-0.4, -0.2) is 47.8 Å². The quantitative estimate of drug-likeness (QED) is 0.819. The number of nitrogen functional groups attached to an aromatic ring is 1. The van der Waals surface area contributed by atoms with Crippen molar-refractivity contribution in [1.82, 2.24) is 9.80 Å². The zero-order valence-corrected chi connectivity index (χ0v) is 14.4. The summed E-state index contributed by atoms with van der Waals surface area (Å²) >= 11 is 0. The van der Waals surface area contributed by atoms with Gasteiger partial charge in [0.2, 0.25) is 0 Å². The summed E-state index contributed by atoms with van der Waals surface area (Å²) in [6.45, 7) is 1.11. The van der Waals surface area contributed by atoms with E-state index in [0.717, 1.165) is 12.1 Å². The van der Waals surface area contributed by atoms with Gasteiger partial charge in [-0.2, -0.15) is 13.2 Å². The van der Waals surface area contributed by atoms with Gasteiger partial charge in [-0.15, -0.1) is 0 Å². The summed E-state index contributed by atoms with van der Waals surface area (Å²) in [6, 6.07) is 11.0. The standard InChI is InChI=1S/C19H18F3N3O2/c20-19(21,22)15-5-1-3-13(11-15)17(26)24-7-9-25(10-8-24)18(27)14-4-2-6-16(23)12-14/h1-6,11-12H,7-10,23H2. The highest BCUT2D eigenvalue weighted by Gasteiger charge is 2.32. The lowest BCUT2D eigenvalue weighted by Crippen LogP contribution is -2.50. The molecule has 2 N–H and O–H groups in total. The van der Waals surface area contributed by atoms with Crippen molar-refractivity contribution in [2.75, 3.05) is 31.9 Å². The van der Waals surface area contributed by atoms with E-state index in [1.54, 1.807) is 29.2 Å². The normalized spacial score (nSPS) is 14.9. The second kappa shape index (κ2) is 7.30. The van der Waals surface area contributed by atoms with Crippen LogP contribution < -0.4 is 5.73 Å². The van der Waals surface area contributed by atoms with Crippen molar-refractivity contribution in [3.05, 3.63) is 65.2 Å². The average Bonchev–Trinajstić information content (AvgIpc) is 2.66. The van der Waals surface area contributed by atoms with Gasteiger partial charge in [-0.25, -0.2) is 0 Å². The summed E-state index contributed by atoms with van der Waals surface area (Å²) in [4.78, 5) is 28.1. The molecular weight excluding hydrogens is 359 g/mol. The Hall–Kier alpha value is -3.03. The number of nitrogens with two attached hydrogens (primary N) is 1. The molecule has 2 amide bonds. The topological polar surface area (TPSA) is 66.6 Å². The van der Waals surface area contributed by atoms with Crippen LogP contribution in [0.15, 0.2) is 48.5 Å². The van der Waals surface area contributed by atoms with Crippen molar-refractivity contribution < 1.29 is 22.8 Å². The van der Waals surface area contributed by atoms with Crippen LogP contribution in [0.25, 0.3) is 0 Å². The molecule has 2 aromatic carbocycles. The van der Waals surface area contributed by atoms with E-state index in [-0.39, 0.29) is 24.6 Å². The average molecular weight is 377 g/mol. The zero-order chi connectivity index (χ0) is 19.6. The molecule has 0 atom stereocenters. The number of hydrogen-bond acceptors (Lipinski definition) is 3. The van der Waals surface area contributed by atoms with Crippen molar-refractivity contribution in [2.24, 2.45) is 0 Å². The van der Waals surface area contributed by atoms with Gasteiger partial charge in [-0.1, -0.05) is 12.1 Å². The monoisotopic (exact) mass is 377 g/mol. The molecule has 0 unspecified atom stereocenters. The van der Waals surface area contributed by atoms with Crippen molar-refractivity contribution in [1.29, 1.82) is 0 Å². The molecule has 0 aromatic heterocycles.